The van der Waals surface area contributed by atoms with Crippen LogP contribution in [0.5, 0.6) is 0 Å². The molecule has 24 heavy (non-hydrogen) atoms. The maximum absolute atomic E-state index is 13.0. The summed E-state index contributed by atoms with van der Waals surface area (Å²) in [5.41, 5.74) is -0.0804. The van der Waals surface area contributed by atoms with Crippen molar-refractivity contribution in [1.29, 1.82) is 0 Å². The number of alkyl halides is 2. The molecule has 0 bridgehead atoms. The first-order valence-electron chi connectivity index (χ1n) is 7.50. The number of aromatic nitrogens is 2. The molecule has 1 amide bonds. The molecule has 1 atom stereocenters. The van der Waals surface area contributed by atoms with E-state index in [1.165, 1.54) is 4.68 Å². The molecule has 1 aliphatic rings. The lowest BCUT2D eigenvalue weighted by molar-refractivity contribution is -0.146. The van der Waals surface area contributed by atoms with Crippen molar-refractivity contribution >= 4 is 36.1 Å². The van der Waals surface area contributed by atoms with E-state index in [1.54, 1.807) is 6.92 Å². The van der Waals surface area contributed by atoms with Gasteiger partial charge in [-0.1, -0.05) is 11.6 Å². The van der Waals surface area contributed by atoms with E-state index in [9.17, 15) is 18.4 Å². The molecule has 134 valence electrons. The minimum atomic E-state index is -2.82. The Bertz CT molecular complexity index is 623. The van der Waals surface area contributed by atoms with Crippen molar-refractivity contribution < 1.29 is 23.1 Å². The molecular formula is C14H18ClF2N3O3S. The summed E-state index contributed by atoms with van der Waals surface area (Å²) in [5, 5.41) is 6.14. The van der Waals surface area contributed by atoms with Crippen LogP contribution in [0.4, 0.5) is 8.78 Å². The van der Waals surface area contributed by atoms with Crippen molar-refractivity contribution in [2.75, 3.05) is 12.4 Å². The summed E-state index contributed by atoms with van der Waals surface area (Å²) in [7, 11) is 0. The Morgan fingerprint density at radius 2 is 2.17 bits per heavy atom. The molecule has 10 heteroatoms. The topological polar surface area (TPSA) is 73.2 Å². The summed E-state index contributed by atoms with van der Waals surface area (Å²) in [6.07, 6.45) is -1.18. The van der Waals surface area contributed by atoms with E-state index in [2.05, 4.69) is 23.0 Å². The first-order valence-corrected chi connectivity index (χ1v) is 8.51. The second-order valence-corrected chi connectivity index (χ2v) is 6.11. The molecule has 1 fully saturated rings. The van der Waals surface area contributed by atoms with Gasteiger partial charge in [-0.25, -0.2) is 13.6 Å². The number of hydrogen-bond acceptors (Lipinski definition) is 5. The zero-order valence-corrected chi connectivity index (χ0v) is 14.6. The summed E-state index contributed by atoms with van der Waals surface area (Å²) < 4.78 is 32.0. The van der Waals surface area contributed by atoms with Gasteiger partial charge in [0, 0.05) is 11.7 Å². The van der Waals surface area contributed by atoms with Gasteiger partial charge in [-0.15, -0.1) is 0 Å². The average molecular weight is 382 g/mol. The van der Waals surface area contributed by atoms with Crippen LogP contribution in [0.15, 0.2) is 0 Å². The normalized spacial score (nSPS) is 15.4. The third-order valence-electron chi connectivity index (χ3n) is 3.51. The smallest absolute Gasteiger partial charge is 0.329 e. The Kier molecular flexibility index (Phi) is 6.45. The highest BCUT2D eigenvalue weighted by molar-refractivity contribution is 7.80. The lowest BCUT2D eigenvalue weighted by Gasteiger charge is -2.15. The Balaban J connectivity index is 2.11. The Labute approximate surface area is 148 Å². The molecule has 6 nitrogen and oxygen atoms in total. The number of thiol groups is 1. The molecule has 1 aromatic heterocycles. The van der Waals surface area contributed by atoms with Gasteiger partial charge in [0.05, 0.1) is 17.3 Å². The van der Waals surface area contributed by atoms with Crippen LogP contribution in [0.2, 0.25) is 5.02 Å². The number of carbonyl (C=O) groups is 2. The molecule has 1 aliphatic carbocycles. The van der Waals surface area contributed by atoms with Gasteiger partial charge in [0.15, 0.2) is 0 Å². The molecule has 0 radical (unpaired) electrons. The molecule has 0 aliphatic heterocycles. The molecule has 0 unspecified atom stereocenters. The third kappa shape index (κ3) is 4.38. The molecule has 1 aromatic rings. The molecule has 1 heterocycles. The standard InChI is InChI=1S/C14H18ClF2N3O3S/c1-2-23-14(22)8(6-24)18-9(21)5-20-12(7-3-4-7)10(15)11(19-20)13(16)17/h7-8,13,24H,2-6H2,1H3,(H,18,21)/t8-/m0/s1. The minimum Gasteiger partial charge on any atom is -0.464 e. The lowest BCUT2D eigenvalue weighted by Crippen LogP contribution is -2.44. The maximum atomic E-state index is 13.0. The van der Waals surface area contributed by atoms with Crippen LogP contribution in [0, 0.1) is 0 Å². The summed E-state index contributed by atoms with van der Waals surface area (Å²) >= 11 is 9.99. The SMILES string of the molecule is CCOC(=O)[C@H](CS)NC(=O)Cn1nc(C(F)F)c(Cl)c1C1CC1. The maximum Gasteiger partial charge on any atom is 0.329 e. The van der Waals surface area contributed by atoms with Gasteiger partial charge < -0.3 is 10.1 Å². The number of hydrogen-bond donors (Lipinski definition) is 2. The number of nitrogens with zero attached hydrogens (tertiary/aromatic N) is 2. The van der Waals surface area contributed by atoms with Crippen molar-refractivity contribution in [2.45, 2.75) is 44.7 Å². The highest BCUT2D eigenvalue weighted by atomic mass is 35.5. The number of esters is 1. The Morgan fingerprint density at radius 3 is 2.67 bits per heavy atom. The van der Waals surface area contributed by atoms with Crippen LogP contribution in [-0.4, -0.2) is 40.1 Å². The molecular weight excluding hydrogens is 364 g/mol. The summed E-state index contributed by atoms with van der Waals surface area (Å²) in [4.78, 5) is 23.8. The molecule has 0 aromatic carbocycles. The fourth-order valence-electron chi connectivity index (χ4n) is 2.28. The van der Waals surface area contributed by atoms with Crippen LogP contribution >= 0.6 is 24.2 Å². The highest BCUT2D eigenvalue weighted by Gasteiger charge is 2.34. The predicted octanol–water partition coefficient (Wildman–Crippen LogP) is 2.33. The van der Waals surface area contributed by atoms with E-state index in [0.29, 0.717) is 5.69 Å². The Morgan fingerprint density at radius 1 is 1.50 bits per heavy atom. The van der Waals surface area contributed by atoms with Gasteiger partial charge in [-0.2, -0.15) is 17.7 Å². The van der Waals surface area contributed by atoms with Crippen molar-refractivity contribution in [1.82, 2.24) is 15.1 Å². The van der Waals surface area contributed by atoms with Crippen molar-refractivity contribution in [3.63, 3.8) is 0 Å². The fraction of sp³-hybridized carbons (Fsp3) is 0.643. The van der Waals surface area contributed by atoms with Gasteiger partial charge in [0.2, 0.25) is 5.91 Å². The molecule has 1 saturated carbocycles. The average Bonchev–Trinajstić information content (AvgIpc) is 3.29. The quantitative estimate of drug-likeness (QED) is 0.535. The first-order chi connectivity index (χ1) is 11.4. The van der Waals surface area contributed by atoms with E-state index in [0.717, 1.165) is 12.8 Å². The van der Waals surface area contributed by atoms with Gasteiger partial charge in [-0.05, 0) is 19.8 Å². The fourth-order valence-corrected chi connectivity index (χ4v) is 2.89. The van der Waals surface area contributed by atoms with Crippen LogP contribution in [0.3, 0.4) is 0 Å². The number of ether oxygens (including phenoxy) is 1. The third-order valence-corrected chi connectivity index (χ3v) is 4.26. The summed E-state index contributed by atoms with van der Waals surface area (Å²) in [5.74, 6) is -1.06. The minimum absolute atomic E-state index is 0.0380. The van der Waals surface area contributed by atoms with Crippen LogP contribution in [-0.2, 0) is 20.9 Å². The zero-order chi connectivity index (χ0) is 17.9. The predicted molar refractivity (Wildman–Crippen MR) is 86.6 cm³/mol. The van der Waals surface area contributed by atoms with Crippen molar-refractivity contribution in [3.8, 4) is 0 Å². The molecule has 0 spiro atoms. The van der Waals surface area contributed by atoms with Gasteiger partial charge in [-0.3, -0.25) is 9.48 Å². The van der Waals surface area contributed by atoms with E-state index >= 15 is 0 Å². The van der Waals surface area contributed by atoms with E-state index < -0.39 is 30.0 Å². The number of carbonyl (C=O) groups excluding carboxylic acids is 2. The second kappa shape index (κ2) is 8.15. The first kappa shape index (κ1) is 19.0. The van der Waals surface area contributed by atoms with Gasteiger partial charge in [0.25, 0.3) is 6.43 Å². The zero-order valence-electron chi connectivity index (χ0n) is 13.0. The van der Waals surface area contributed by atoms with Crippen LogP contribution in [0.25, 0.3) is 0 Å². The highest BCUT2D eigenvalue weighted by Crippen LogP contribution is 2.45. The van der Waals surface area contributed by atoms with Crippen LogP contribution < -0.4 is 5.32 Å². The number of halogens is 3. The van der Waals surface area contributed by atoms with E-state index in [1.807, 2.05) is 0 Å². The molecule has 0 saturated heterocycles. The largest absolute Gasteiger partial charge is 0.464 e. The number of amides is 1. The molecule has 1 N–H and O–H groups in total. The van der Waals surface area contributed by atoms with Gasteiger partial charge in [0.1, 0.15) is 18.3 Å². The van der Waals surface area contributed by atoms with Crippen molar-refractivity contribution in [2.24, 2.45) is 0 Å². The van der Waals surface area contributed by atoms with Crippen molar-refractivity contribution in [3.05, 3.63) is 16.4 Å². The van der Waals surface area contributed by atoms with E-state index in [-0.39, 0.29) is 29.8 Å². The second-order valence-electron chi connectivity index (χ2n) is 5.37. The van der Waals surface area contributed by atoms with Gasteiger partial charge >= 0.3 is 5.97 Å². The number of nitrogens with one attached hydrogen (secondary N) is 1. The molecule has 2 rings (SSSR count). The summed E-state index contributed by atoms with van der Waals surface area (Å²) in [6, 6.07) is -0.911. The number of rotatable bonds is 8. The summed E-state index contributed by atoms with van der Waals surface area (Å²) in [6.45, 7) is 1.52. The Hall–Kier alpha value is -1.35. The monoisotopic (exact) mass is 381 g/mol. The lowest BCUT2D eigenvalue weighted by atomic mass is 10.2. The van der Waals surface area contributed by atoms with Crippen LogP contribution in [0.1, 0.15) is 43.5 Å². The van der Waals surface area contributed by atoms with E-state index in [4.69, 9.17) is 16.3 Å².